The summed E-state index contributed by atoms with van der Waals surface area (Å²) in [6.07, 6.45) is 20.5. The van der Waals surface area contributed by atoms with Crippen LogP contribution >= 0.6 is 0 Å². The van der Waals surface area contributed by atoms with Gasteiger partial charge in [-0.05, 0) is 12.8 Å². The van der Waals surface area contributed by atoms with E-state index in [9.17, 15) is 36.2 Å². The molecule has 0 amide bonds. The minimum atomic E-state index is -5.43. The standard InChI is InChI=1S/C25H52O4.2Na.H2O7S2/c1-3-5-7-9-11-13-15-17-19-28-23-25(21-26,22-27)24-29-20-18-16-14-12-10-8-6-4-2;;;1-8(2,3)7-9(4,5)6/h26-27H,3-24H2,1-2H3;;;(H,1,2,3)(H,4,5,6)/q;2*+1;/p-2. The van der Waals surface area contributed by atoms with Crippen molar-refractivity contribution in [3.8, 4) is 0 Å². The Morgan fingerprint density at radius 3 is 1.05 bits per heavy atom. The first-order valence-electron chi connectivity index (χ1n) is 13.9. The van der Waals surface area contributed by atoms with Crippen LogP contribution in [-0.2, 0) is 33.9 Å². The van der Waals surface area contributed by atoms with E-state index in [2.05, 4.69) is 17.5 Å². The second-order valence-corrected chi connectivity index (χ2v) is 11.9. The van der Waals surface area contributed by atoms with E-state index in [1.54, 1.807) is 0 Å². The third-order valence-electron chi connectivity index (χ3n) is 5.94. The summed E-state index contributed by atoms with van der Waals surface area (Å²) in [5.74, 6) is 0. The van der Waals surface area contributed by atoms with Crippen molar-refractivity contribution in [1.29, 1.82) is 0 Å². The summed E-state index contributed by atoms with van der Waals surface area (Å²) in [5.41, 5.74) is -0.666. The van der Waals surface area contributed by atoms with Crippen LogP contribution in [0.5, 0.6) is 0 Å². The molecule has 0 radical (unpaired) electrons. The number of unbranched alkanes of at least 4 members (excludes halogenated alkanes) is 14. The van der Waals surface area contributed by atoms with Crippen LogP contribution in [0.25, 0.3) is 0 Å². The third-order valence-corrected chi connectivity index (χ3v) is 7.27. The van der Waals surface area contributed by atoms with Crippen LogP contribution in [-0.4, -0.2) is 75.8 Å². The predicted molar refractivity (Wildman–Crippen MR) is 144 cm³/mol. The predicted octanol–water partition coefficient (Wildman–Crippen LogP) is -1.80. The molecule has 0 unspecified atom stereocenters. The Morgan fingerprint density at radius 2 is 0.825 bits per heavy atom. The zero-order valence-electron chi connectivity index (χ0n) is 25.4. The van der Waals surface area contributed by atoms with Crippen LogP contribution in [0, 0.1) is 5.41 Å². The number of aliphatic hydroxyl groups excluding tert-OH is 2. The Hall–Kier alpha value is 1.62. The van der Waals surface area contributed by atoms with E-state index >= 15 is 0 Å². The summed E-state index contributed by atoms with van der Waals surface area (Å²) in [5, 5.41) is 19.5. The van der Waals surface area contributed by atoms with E-state index in [4.69, 9.17) is 9.47 Å². The molecule has 0 aromatic rings. The maximum Gasteiger partial charge on any atom is 1.00 e. The van der Waals surface area contributed by atoms with Crippen molar-refractivity contribution in [2.75, 3.05) is 39.6 Å². The molecule has 0 aliphatic rings. The summed E-state index contributed by atoms with van der Waals surface area (Å²) in [4.78, 5) is 0. The minimum Gasteiger partial charge on any atom is -0.725 e. The van der Waals surface area contributed by atoms with Gasteiger partial charge in [-0.2, -0.15) is 3.63 Å². The van der Waals surface area contributed by atoms with Crippen molar-refractivity contribution in [2.24, 2.45) is 5.41 Å². The zero-order valence-corrected chi connectivity index (χ0v) is 31.1. The van der Waals surface area contributed by atoms with Crippen LogP contribution in [0.2, 0.25) is 0 Å². The van der Waals surface area contributed by atoms with Gasteiger partial charge in [-0.3, -0.25) is 0 Å². The van der Waals surface area contributed by atoms with Gasteiger partial charge in [0.15, 0.2) is 0 Å². The zero-order chi connectivity index (χ0) is 29.2. The number of hydrogen-bond acceptors (Lipinski definition) is 11. The fourth-order valence-electron chi connectivity index (χ4n) is 3.63. The molecular formula is C25H52Na2O11S2. The molecule has 11 nitrogen and oxygen atoms in total. The van der Waals surface area contributed by atoms with Crippen molar-refractivity contribution in [2.45, 2.75) is 117 Å². The average Bonchev–Trinajstić information content (AvgIpc) is 2.83. The number of hydrogen-bond donors (Lipinski definition) is 2. The molecule has 15 heteroatoms. The molecular weight excluding hydrogens is 586 g/mol. The first kappa shape index (κ1) is 48.5. The van der Waals surface area contributed by atoms with Gasteiger partial charge in [0.25, 0.3) is 0 Å². The molecule has 40 heavy (non-hydrogen) atoms. The molecule has 0 aromatic heterocycles. The van der Waals surface area contributed by atoms with E-state index in [1.165, 1.54) is 89.9 Å². The molecule has 0 rings (SSSR count). The molecule has 0 aliphatic carbocycles. The van der Waals surface area contributed by atoms with Crippen molar-refractivity contribution >= 4 is 20.8 Å². The maximum absolute atomic E-state index is 9.74. The quantitative estimate of drug-likeness (QED) is 0.0472. The summed E-state index contributed by atoms with van der Waals surface area (Å²) < 4.78 is 69.7. The van der Waals surface area contributed by atoms with Crippen LogP contribution in [0.3, 0.4) is 0 Å². The molecule has 0 fully saturated rings. The van der Waals surface area contributed by atoms with E-state index in [0.717, 1.165) is 12.8 Å². The fraction of sp³-hybridized carbons (Fsp3) is 1.00. The number of ether oxygens (including phenoxy) is 2. The molecule has 0 saturated carbocycles. The van der Waals surface area contributed by atoms with Crippen molar-refractivity contribution in [1.82, 2.24) is 0 Å². The molecule has 0 spiro atoms. The molecule has 0 saturated heterocycles. The largest absolute Gasteiger partial charge is 1.00 e. The first-order chi connectivity index (χ1) is 17.9. The molecule has 232 valence electrons. The van der Waals surface area contributed by atoms with Crippen LogP contribution in [0.15, 0.2) is 0 Å². The van der Waals surface area contributed by atoms with Gasteiger partial charge in [0.1, 0.15) is 0 Å². The first-order valence-corrected chi connectivity index (χ1v) is 16.6. The van der Waals surface area contributed by atoms with Crippen LogP contribution in [0.1, 0.15) is 117 Å². The van der Waals surface area contributed by atoms with Crippen molar-refractivity contribution < 1.29 is 108 Å². The third kappa shape index (κ3) is 37.6. The maximum atomic E-state index is 9.74. The fourth-order valence-corrected chi connectivity index (χ4v) is 4.45. The van der Waals surface area contributed by atoms with Crippen molar-refractivity contribution in [3.63, 3.8) is 0 Å². The minimum absolute atomic E-state index is 0. The Morgan fingerprint density at radius 1 is 0.550 bits per heavy atom. The Balaban J connectivity index is -0.000000505. The molecule has 2 N–H and O–H groups in total. The molecule has 0 bridgehead atoms. The van der Waals surface area contributed by atoms with Crippen LogP contribution < -0.4 is 59.1 Å². The Bertz CT molecular complexity index is 664. The number of rotatable bonds is 26. The van der Waals surface area contributed by atoms with E-state index in [1.807, 2.05) is 0 Å². The number of aliphatic hydroxyl groups is 2. The summed E-state index contributed by atoms with van der Waals surface area (Å²) in [6.45, 7) is 6.44. The van der Waals surface area contributed by atoms with Crippen molar-refractivity contribution in [3.05, 3.63) is 0 Å². The van der Waals surface area contributed by atoms with Gasteiger partial charge < -0.3 is 28.8 Å². The monoisotopic (exact) mass is 638 g/mol. The van der Waals surface area contributed by atoms with Gasteiger partial charge in [-0.15, -0.1) is 0 Å². The summed E-state index contributed by atoms with van der Waals surface area (Å²) in [7, 11) is -10.9. The summed E-state index contributed by atoms with van der Waals surface area (Å²) in [6, 6.07) is 0. The smallest absolute Gasteiger partial charge is 0.725 e. The van der Waals surface area contributed by atoms with Gasteiger partial charge in [0.2, 0.25) is 20.8 Å². The van der Waals surface area contributed by atoms with Gasteiger partial charge >= 0.3 is 59.1 Å². The molecule has 0 atom stereocenters. The van der Waals surface area contributed by atoms with E-state index in [-0.39, 0.29) is 72.3 Å². The summed E-state index contributed by atoms with van der Waals surface area (Å²) >= 11 is 0. The van der Waals surface area contributed by atoms with E-state index < -0.39 is 26.2 Å². The normalized spacial score (nSPS) is 11.8. The van der Waals surface area contributed by atoms with Crippen LogP contribution in [0.4, 0.5) is 0 Å². The van der Waals surface area contributed by atoms with Gasteiger partial charge in [-0.1, -0.05) is 104 Å². The van der Waals surface area contributed by atoms with Gasteiger partial charge in [0, 0.05) is 13.2 Å². The molecule has 0 aromatic carbocycles. The molecule has 0 heterocycles. The topological polar surface area (TPSA) is 183 Å². The average molecular weight is 639 g/mol. The molecule has 0 aliphatic heterocycles. The SMILES string of the molecule is CCCCCCCCCCOCC(CO)(CO)COCCCCCCCCCC.O=S(=O)([O-])OS(=O)(=O)[O-].[Na+].[Na+]. The Labute approximate surface area is 288 Å². The second-order valence-electron chi connectivity index (χ2n) is 9.76. The second kappa shape index (κ2) is 32.0. The van der Waals surface area contributed by atoms with E-state index in [0.29, 0.717) is 26.4 Å². The van der Waals surface area contributed by atoms with Gasteiger partial charge in [-0.25, -0.2) is 16.8 Å². The van der Waals surface area contributed by atoms with Gasteiger partial charge in [0.05, 0.1) is 31.8 Å². The Kier molecular flexibility index (Phi) is 38.9.